The Bertz CT molecular complexity index is 1490. The molecule has 0 spiro atoms. The van der Waals surface area contributed by atoms with Crippen molar-refractivity contribution in [2.24, 2.45) is 0 Å². The van der Waals surface area contributed by atoms with Crippen molar-refractivity contribution in [1.29, 1.82) is 0 Å². The standard InChI is InChI=1S/C31H36F3N5O5.Li.H/c1-30(2,3)44-29(42)39-15-13-38(14-16-39)22-10-12-25(26(18-22)43-4)37-28-35-19-23(31(32,33)34)24(36-28)11-9-20-7-5-6-8-21(20)17-27(40)41;;/h5-8,10,12,18-19H,9,11,13-17H2,1-4H3,(H,40,41)(H,35,36,37);;. The van der Waals surface area contributed by atoms with E-state index in [4.69, 9.17) is 9.47 Å². The number of halogens is 3. The van der Waals surface area contributed by atoms with Gasteiger partial charge in [0, 0.05) is 44.1 Å². The molecule has 0 bridgehead atoms. The summed E-state index contributed by atoms with van der Waals surface area (Å²) >= 11 is 0. The van der Waals surface area contributed by atoms with Crippen molar-refractivity contribution in [2.75, 3.05) is 43.5 Å². The number of hydrogen-bond acceptors (Lipinski definition) is 8. The van der Waals surface area contributed by atoms with Gasteiger partial charge in [-0.05, 0) is 56.9 Å². The van der Waals surface area contributed by atoms with Crippen LogP contribution in [-0.4, -0.2) is 89.8 Å². The van der Waals surface area contributed by atoms with Crippen molar-refractivity contribution in [1.82, 2.24) is 14.9 Å². The Hall–Kier alpha value is -3.95. The predicted molar refractivity (Wildman–Crippen MR) is 166 cm³/mol. The molecule has 4 rings (SSSR count). The number of aryl methyl sites for hydroxylation is 2. The molecular weight excluding hydrogens is 586 g/mol. The molecule has 14 heteroatoms. The zero-order valence-corrected chi connectivity index (χ0v) is 25.1. The minimum absolute atomic E-state index is 0. The van der Waals surface area contributed by atoms with E-state index in [9.17, 15) is 27.9 Å². The molecule has 3 aromatic rings. The van der Waals surface area contributed by atoms with Crippen LogP contribution in [0.3, 0.4) is 0 Å². The fourth-order valence-electron chi connectivity index (χ4n) is 4.87. The number of aromatic nitrogens is 2. The third kappa shape index (κ3) is 9.77. The van der Waals surface area contributed by atoms with Gasteiger partial charge in [-0.1, -0.05) is 24.3 Å². The Morgan fingerprint density at radius 1 is 1.00 bits per heavy atom. The Kier molecular flexibility index (Phi) is 11.8. The summed E-state index contributed by atoms with van der Waals surface area (Å²) in [7, 11) is 1.48. The first-order valence-electron chi connectivity index (χ1n) is 14.1. The number of carbonyl (C=O) groups is 2. The fraction of sp³-hybridized carbons (Fsp3) is 0.419. The number of nitrogens with one attached hydrogen (secondary N) is 1. The molecule has 2 aromatic carbocycles. The Morgan fingerprint density at radius 3 is 2.27 bits per heavy atom. The van der Waals surface area contributed by atoms with Crippen LogP contribution in [0.1, 0.15) is 43.2 Å². The second-order valence-electron chi connectivity index (χ2n) is 11.4. The molecule has 1 aliphatic heterocycles. The van der Waals surface area contributed by atoms with Crippen LogP contribution in [0.4, 0.5) is 35.3 Å². The number of hydrogen-bond donors (Lipinski definition) is 2. The van der Waals surface area contributed by atoms with E-state index in [0.717, 1.165) is 11.9 Å². The van der Waals surface area contributed by atoms with E-state index < -0.39 is 23.3 Å². The summed E-state index contributed by atoms with van der Waals surface area (Å²) in [5, 5.41) is 12.2. The van der Waals surface area contributed by atoms with E-state index in [0.29, 0.717) is 48.7 Å². The summed E-state index contributed by atoms with van der Waals surface area (Å²) < 4.78 is 52.5. The third-order valence-corrected chi connectivity index (χ3v) is 6.99. The minimum atomic E-state index is -4.67. The first-order chi connectivity index (χ1) is 20.7. The van der Waals surface area contributed by atoms with Crippen molar-refractivity contribution in [2.45, 2.75) is 51.8 Å². The van der Waals surface area contributed by atoms with Gasteiger partial charge < -0.3 is 29.7 Å². The topological polar surface area (TPSA) is 117 Å². The van der Waals surface area contributed by atoms with E-state index in [-0.39, 0.29) is 55.9 Å². The Balaban J connectivity index is 0.00000552. The summed E-state index contributed by atoms with van der Waals surface area (Å²) in [6.45, 7) is 7.60. The molecule has 45 heavy (non-hydrogen) atoms. The monoisotopic (exact) mass is 623 g/mol. The molecule has 10 nitrogen and oxygen atoms in total. The van der Waals surface area contributed by atoms with E-state index in [1.54, 1.807) is 41.3 Å². The quantitative estimate of drug-likeness (QED) is 0.315. The zero-order valence-electron chi connectivity index (χ0n) is 25.1. The van der Waals surface area contributed by atoms with Crippen LogP contribution in [0, 0.1) is 0 Å². The van der Waals surface area contributed by atoms with Crippen molar-refractivity contribution in [3.05, 3.63) is 71.0 Å². The number of anilines is 3. The second-order valence-corrected chi connectivity index (χ2v) is 11.4. The number of ether oxygens (including phenoxy) is 2. The van der Waals surface area contributed by atoms with Crippen LogP contribution >= 0.6 is 0 Å². The number of carboxylic acids is 1. The van der Waals surface area contributed by atoms with E-state index >= 15 is 0 Å². The maximum absolute atomic E-state index is 13.8. The number of amides is 1. The second kappa shape index (κ2) is 14.9. The number of carboxylic acid groups (broad SMARTS) is 1. The van der Waals surface area contributed by atoms with Gasteiger partial charge in [0.05, 0.1) is 30.5 Å². The number of nitrogens with zero attached hydrogens (tertiary/aromatic N) is 4. The van der Waals surface area contributed by atoms with Crippen LogP contribution in [0.2, 0.25) is 0 Å². The van der Waals surface area contributed by atoms with Gasteiger partial charge in [-0.15, -0.1) is 0 Å². The van der Waals surface area contributed by atoms with Crippen molar-refractivity contribution < 1.29 is 37.3 Å². The first-order valence-corrected chi connectivity index (χ1v) is 14.1. The molecule has 1 fully saturated rings. The average molecular weight is 624 g/mol. The molecule has 1 amide bonds. The van der Waals surface area contributed by atoms with Gasteiger partial charge in [-0.2, -0.15) is 13.2 Å². The van der Waals surface area contributed by atoms with Crippen molar-refractivity contribution in [3.63, 3.8) is 0 Å². The van der Waals surface area contributed by atoms with Gasteiger partial charge in [-0.25, -0.2) is 14.8 Å². The molecule has 0 radical (unpaired) electrons. The molecule has 0 unspecified atom stereocenters. The summed E-state index contributed by atoms with van der Waals surface area (Å²) in [4.78, 5) is 35.5. The number of alkyl halides is 3. The fourth-order valence-corrected chi connectivity index (χ4v) is 4.87. The normalized spacial score (nSPS) is 13.6. The number of carbonyl (C=O) groups excluding carboxylic acids is 1. The number of aliphatic carboxylic acids is 1. The molecule has 2 N–H and O–H groups in total. The van der Waals surface area contributed by atoms with Crippen LogP contribution in [-0.2, 0) is 35.0 Å². The predicted octanol–water partition coefficient (Wildman–Crippen LogP) is 5.07. The molecular formula is C31H37F3LiN5O5. The number of piperazine rings is 1. The SMILES string of the molecule is COc1cc(N2CCN(C(=O)OC(C)(C)C)CC2)ccc1Nc1ncc(C(F)(F)F)c(CCc2ccccc2CC(=O)O)n1.[LiH]. The molecule has 0 aliphatic carbocycles. The third-order valence-electron chi connectivity index (χ3n) is 6.99. The molecule has 1 saturated heterocycles. The summed E-state index contributed by atoms with van der Waals surface area (Å²) in [5.74, 6) is -0.626. The van der Waals surface area contributed by atoms with Gasteiger partial charge in [0.2, 0.25) is 5.95 Å². The van der Waals surface area contributed by atoms with Crippen molar-refractivity contribution >= 4 is 48.2 Å². The van der Waals surface area contributed by atoms with Gasteiger partial charge in [0.15, 0.2) is 0 Å². The van der Waals surface area contributed by atoms with E-state index in [2.05, 4.69) is 20.2 Å². The van der Waals surface area contributed by atoms with Gasteiger partial charge in [-0.3, -0.25) is 4.79 Å². The van der Waals surface area contributed by atoms with E-state index in [1.165, 1.54) is 7.11 Å². The zero-order chi connectivity index (χ0) is 32.1. The van der Waals surface area contributed by atoms with E-state index in [1.807, 2.05) is 26.8 Å². The number of rotatable bonds is 9. The van der Waals surface area contributed by atoms with Gasteiger partial charge >= 0.3 is 37.1 Å². The maximum atomic E-state index is 13.8. The summed E-state index contributed by atoms with van der Waals surface area (Å²) in [6.07, 6.45) is -4.40. The average Bonchev–Trinajstić information content (AvgIpc) is 2.95. The molecule has 0 atom stereocenters. The molecule has 1 aromatic heterocycles. The van der Waals surface area contributed by atoms with Crippen LogP contribution < -0.4 is 15.0 Å². The number of methoxy groups -OCH3 is 1. The van der Waals surface area contributed by atoms with Crippen LogP contribution in [0.5, 0.6) is 5.75 Å². The molecule has 2 heterocycles. The number of benzene rings is 2. The molecule has 238 valence electrons. The van der Waals surface area contributed by atoms with Gasteiger partial charge in [0.25, 0.3) is 0 Å². The molecule has 1 aliphatic rings. The van der Waals surface area contributed by atoms with Gasteiger partial charge in [0.1, 0.15) is 11.4 Å². The Labute approximate surface area is 272 Å². The Morgan fingerprint density at radius 2 is 1.67 bits per heavy atom. The van der Waals surface area contributed by atoms with Crippen LogP contribution in [0.25, 0.3) is 0 Å². The summed E-state index contributed by atoms with van der Waals surface area (Å²) in [6, 6.07) is 12.1. The summed E-state index contributed by atoms with van der Waals surface area (Å²) in [5.41, 5.74) is 0.754. The van der Waals surface area contributed by atoms with Crippen molar-refractivity contribution in [3.8, 4) is 5.75 Å². The van der Waals surface area contributed by atoms with Crippen LogP contribution in [0.15, 0.2) is 48.7 Å². The molecule has 0 saturated carbocycles. The first kappa shape index (κ1) is 35.5.